The Labute approximate surface area is 86.3 Å². The Kier molecular flexibility index (Phi) is 2.47. The minimum absolute atomic E-state index is 0.0221. The lowest BCUT2D eigenvalue weighted by atomic mass is 10.1. The highest BCUT2D eigenvalue weighted by Gasteiger charge is 2.01. The maximum Gasteiger partial charge on any atom is 0.149 e. The van der Waals surface area contributed by atoms with Crippen molar-refractivity contribution in [2.75, 3.05) is 0 Å². The first-order chi connectivity index (χ1) is 7.31. The Bertz CT molecular complexity index is 447. The van der Waals surface area contributed by atoms with Gasteiger partial charge in [0.25, 0.3) is 0 Å². The fourth-order valence-corrected chi connectivity index (χ4v) is 1.29. The summed E-state index contributed by atoms with van der Waals surface area (Å²) in [5.74, 6) is -0.0221. The molecule has 1 heterocycles. The molecule has 2 rings (SSSR count). The van der Waals surface area contributed by atoms with Crippen molar-refractivity contribution in [3.8, 4) is 11.3 Å². The molecule has 1 aromatic carbocycles. The summed E-state index contributed by atoms with van der Waals surface area (Å²) in [6, 6.07) is 7.22. The van der Waals surface area contributed by atoms with Crippen molar-refractivity contribution < 1.29 is 5.21 Å². The van der Waals surface area contributed by atoms with E-state index < -0.39 is 0 Å². The van der Waals surface area contributed by atoms with E-state index in [0.717, 1.165) is 11.3 Å². The molecular weight excluding hydrogens is 192 g/mol. The SMILES string of the molecule is N=C(NO)c1ccc(-c2cnc[nH]2)cc1. The fraction of sp³-hybridized carbons (Fsp3) is 0. The topological polar surface area (TPSA) is 84.8 Å². The number of hydrogen-bond donors (Lipinski definition) is 4. The van der Waals surface area contributed by atoms with Gasteiger partial charge in [-0.15, -0.1) is 0 Å². The summed E-state index contributed by atoms with van der Waals surface area (Å²) in [5, 5.41) is 15.9. The van der Waals surface area contributed by atoms with Gasteiger partial charge in [-0.1, -0.05) is 24.3 Å². The summed E-state index contributed by atoms with van der Waals surface area (Å²) in [4.78, 5) is 6.91. The van der Waals surface area contributed by atoms with Crippen LogP contribution in [0.4, 0.5) is 0 Å². The molecule has 0 radical (unpaired) electrons. The number of nitrogens with one attached hydrogen (secondary N) is 3. The number of amidine groups is 1. The predicted molar refractivity (Wildman–Crippen MR) is 55.8 cm³/mol. The molecule has 0 saturated heterocycles. The summed E-state index contributed by atoms with van der Waals surface area (Å²) in [6.45, 7) is 0. The quantitative estimate of drug-likeness (QED) is 0.337. The zero-order valence-electron chi connectivity index (χ0n) is 7.86. The Morgan fingerprint density at radius 2 is 2.07 bits per heavy atom. The van der Waals surface area contributed by atoms with Crippen LogP contribution >= 0.6 is 0 Å². The van der Waals surface area contributed by atoms with E-state index in [9.17, 15) is 0 Å². The van der Waals surface area contributed by atoms with Gasteiger partial charge in [0.2, 0.25) is 0 Å². The number of benzene rings is 1. The second-order valence-electron chi connectivity index (χ2n) is 3.03. The summed E-state index contributed by atoms with van der Waals surface area (Å²) >= 11 is 0. The number of aromatic amines is 1. The first-order valence-electron chi connectivity index (χ1n) is 4.39. The molecular formula is C10H10N4O. The molecule has 0 aliphatic heterocycles. The van der Waals surface area contributed by atoms with Crippen molar-refractivity contribution in [3.05, 3.63) is 42.4 Å². The van der Waals surface area contributed by atoms with E-state index in [-0.39, 0.29) is 5.84 Å². The van der Waals surface area contributed by atoms with Gasteiger partial charge in [0.15, 0.2) is 0 Å². The molecule has 15 heavy (non-hydrogen) atoms. The normalized spacial score (nSPS) is 9.93. The maximum atomic E-state index is 8.55. The molecule has 0 bridgehead atoms. The smallest absolute Gasteiger partial charge is 0.149 e. The molecule has 0 spiro atoms. The van der Waals surface area contributed by atoms with E-state index in [4.69, 9.17) is 10.6 Å². The minimum Gasteiger partial charge on any atom is -0.345 e. The minimum atomic E-state index is -0.0221. The van der Waals surface area contributed by atoms with E-state index in [0.29, 0.717) is 5.56 Å². The monoisotopic (exact) mass is 202 g/mol. The average molecular weight is 202 g/mol. The Morgan fingerprint density at radius 1 is 1.33 bits per heavy atom. The van der Waals surface area contributed by atoms with Gasteiger partial charge in [0.1, 0.15) is 5.84 Å². The van der Waals surface area contributed by atoms with E-state index in [2.05, 4.69) is 9.97 Å². The van der Waals surface area contributed by atoms with Gasteiger partial charge in [-0.25, -0.2) is 4.98 Å². The van der Waals surface area contributed by atoms with Gasteiger partial charge in [-0.05, 0) is 5.56 Å². The molecule has 0 aliphatic rings. The number of H-pyrrole nitrogens is 1. The van der Waals surface area contributed by atoms with Crippen molar-refractivity contribution in [1.82, 2.24) is 15.4 Å². The first kappa shape index (κ1) is 9.42. The van der Waals surface area contributed by atoms with E-state index in [1.807, 2.05) is 12.1 Å². The standard InChI is InChI=1S/C10H10N4O/c11-10(14-15)8-3-1-7(2-4-8)9-5-12-6-13-9/h1-6,15H,(H2,11,14)(H,12,13). The summed E-state index contributed by atoms with van der Waals surface area (Å²) in [7, 11) is 0. The van der Waals surface area contributed by atoms with Crippen LogP contribution in [-0.4, -0.2) is 21.0 Å². The molecule has 1 aromatic heterocycles. The van der Waals surface area contributed by atoms with Crippen LogP contribution in [0, 0.1) is 5.41 Å². The lowest BCUT2D eigenvalue weighted by Gasteiger charge is -2.02. The molecule has 4 N–H and O–H groups in total. The van der Waals surface area contributed by atoms with Crippen LogP contribution in [0.1, 0.15) is 5.56 Å². The first-order valence-corrected chi connectivity index (χ1v) is 4.39. The number of imidazole rings is 1. The Morgan fingerprint density at radius 3 is 2.60 bits per heavy atom. The van der Waals surface area contributed by atoms with Gasteiger partial charge in [-0.2, -0.15) is 0 Å². The largest absolute Gasteiger partial charge is 0.345 e. The van der Waals surface area contributed by atoms with Crippen LogP contribution in [0.25, 0.3) is 11.3 Å². The Hall–Kier alpha value is -2.14. The van der Waals surface area contributed by atoms with Crippen LogP contribution < -0.4 is 5.48 Å². The molecule has 0 fully saturated rings. The number of nitrogens with zero attached hydrogens (tertiary/aromatic N) is 1. The van der Waals surface area contributed by atoms with E-state index >= 15 is 0 Å². The number of aromatic nitrogens is 2. The lowest BCUT2D eigenvalue weighted by Crippen LogP contribution is -2.18. The van der Waals surface area contributed by atoms with Gasteiger partial charge < -0.3 is 4.98 Å². The second-order valence-corrected chi connectivity index (χ2v) is 3.03. The molecule has 0 amide bonds. The van der Waals surface area contributed by atoms with Crippen LogP contribution in [0.2, 0.25) is 0 Å². The third kappa shape index (κ3) is 1.87. The molecule has 2 aromatic rings. The zero-order chi connectivity index (χ0) is 10.7. The van der Waals surface area contributed by atoms with Crippen molar-refractivity contribution in [2.45, 2.75) is 0 Å². The maximum absolute atomic E-state index is 8.55. The Balaban J connectivity index is 2.29. The second kappa shape index (κ2) is 3.93. The van der Waals surface area contributed by atoms with Gasteiger partial charge in [-0.3, -0.25) is 16.1 Å². The third-order valence-electron chi connectivity index (χ3n) is 2.09. The zero-order valence-corrected chi connectivity index (χ0v) is 7.86. The van der Waals surface area contributed by atoms with Crippen molar-refractivity contribution >= 4 is 5.84 Å². The van der Waals surface area contributed by atoms with Gasteiger partial charge >= 0.3 is 0 Å². The van der Waals surface area contributed by atoms with Crippen molar-refractivity contribution in [3.63, 3.8) is 0 Å². The number of hydroxylamine groups is 1. The van der Waals surface area contributed by atoms with E-state index in [1.54, 1.807) is 30.1 Å². The summed E-state index contributed by atoms with van der Waals surface area (Å²) in [5.41, 5.74) is 4.33. The van der Waals surface area contributed by atoms with Gasteiger partial charge in [0, 0.05) is 5.56 Å². The fourth-order valence-electron chi connectivity index (χ4n) is 1.29. The molecule has 0 atom stereocenters. The van der Waals surface area contributed by atoms with Crippen molar-refractivity contribution in [2.24, 2.45) is 0 Å². The van der Waals surface area contributed by atoms with Crippen LogP contribution in [0.15, 0.2) is 36.8 Å². The summed E-state index contributed by atoms with van der Waals surface area (Å²) in [6.07, 6.45) is 3.34. The van der Waals surface area contributed by atoms with E-state index in [1.165, 1.54) is 0 Å². The molecule has 0 saturated carbocycles. The average Bonchev–Trinajstić information content (AvgIpc) is 2.82. The molecule has 0 unspecified atom stereocenters. The molecule has 76 valence electrons. The molecule has 5 nitrogen and oxygen atoms in total. The molecule has 0 aliphatic carbocycles. The predicted octanol–water partition coefficient (Wildman–Crippen LogP) is 1.38. The third-order valence-corrected chi connectivity index (χ3v) is 2.09. The van der Waals surface area contributed by atoms with Crippen LogP contribution in [0.5, 0.6) is 0 Å². The highest BCUT2D eigenvalue weighted by Crippen LogP contribution is 2.16. The highest BCUT2D eigenvalue weighted by atomic mass is 16.5. The molecule has 5 heteroatoms. The number of rotatable bonds is 2. The van der Waals surface area contributed by atoms with Crippen LogP contribution in [-0.2, 0) is 0 Å². The lowest BCUT2D eigenvalue weighted by molar-refractivity contribution is 0.234. The van der Waals surface area contributed by atoms with Crippen LogP contribution in [0.3, 0.4) is 0 Å². The van der Waals surface area contributed by atoms with Gasteiger partial charge in [0.05, 0.1) is 18.2 Å². The van der Waals surface area contributed by atoms with Crippen molar-refractivity contribution in [1.29, 1.82) is 5.41 Å². The number of hydrogen-bond acceptors (Lipinski definition) is 3. The summed E-state index contributed by atoms with van der Waals surface area (Å²) < 4.78 is 0. The highest BCUT2D eigenvalue weighted by molar-refractivity contribution is 5.95.